The first-order valence-corrected chi connectivity index (χ1v) is 43.6. The van der Waals surface area contributed by atoms with E-state index < -0.39 is 0 Å². The number of unbranched alkanes of at least 4 members (excludes halogenated alkanes) is 14. The molecule has 3 aromatic heterocycles. The third kappa shape index (κ3) is 57.7. The number of rotatable bonds is 30. The van der Waals surface area contributed by atoms with Crippen molar-refractivity contribution in [2.75, 3.05) is 151 Å². The molecule has 0 amide bonds. The molecule has 0 unspecified atom stereocenters. The van der Waals surface area contributed by atoms with Gasteiger partial charge in [-0.25, -0.2) is 23.3 Å². The molecule has 0 saturated carbocycles. The topological polar surface area (TPSA) is 79.1 Å². The molecular weight excluding hydrogens is 1730 g/mol. The normalized spacial score (nSPS) is 16.9. The summed E-state index contributed by atoms with van der Waals surface area (Å²) in [6, 6.07) is 0. The molecule has 8 rings (SSSR count). The summed E-state index contributed by atoms with van der Waals surface area (Å²) in [6.07, 6.45) is 57.3. The van der Waals surface area contributed by atoms with Crippen molar-refractivity contribution < 1.29 is 105 Å². The Labute approximate surface area is 632 Å². The lowest BCUT2D eigenvalue weighted by atomic mass is 10.2. The Bertz CT molecular complexity index is 1860. The average molecular weight is 1860 g/mol. The molecule has 8 heterocycles. The van der Waals surface area contributed by atoms with E-state index in [1.54, 1.807) is 12.5 Å². The van der Waals surface area contributed by atoms with Gasteiger partial charge in [0.25, 0.3) is 0 Å². The molecule has 0 aromatic carbocycles. The standard InChI is InChI=1S/C15H29N3.C14H27N3.C11H23BrN.C11H24NO.C6H13BrO.C5H11N.C4H6N2.Br3P.4BrH/c1-16-10-11-17(15-16)9-5-3-4-6-12-18(2)13-7-8-14-18;1-15-9-10-16(14-15)8-4-3-5-11-17(2)12-6-7-13-17;1-13(10-6-7-11-13)9-5-3-2-4-8-12;1-12(9-5-6-10-12)8-4-2-3-7-11-13;7-5-3-1-2-4-6-8;1-6-4-2-3-5-6;1-6-3-2-5-4-6;1-4(2)3;;;;/h10-11,15H,3-9,12-14H2,1-2H3;9-10,14H,3-8,11-13H2,1-2H3;2-11H2,1H3;13H,2-11H2,1H3;8H,1-6H2;2-5H2,1H3;2-4H,1H3;;4*1H/q2*+2;2*+1;;;;;;;;/p-4. The highest BCUT2D eigenvalue weighted by molar-refractivity contribution is 9.93. The van der Waals surface area contributed by atoms with Crippen LogP contribution in [0.1, 0.15) is 186 Å². The molecule has 5 aliphatic heterocycles. The summed E-state index contributed by atoms with van der Waals surface area (Å²) < 4.78 is 15.8. The van der Waals surface area contributed by atoms with Gasteiger partial charge in [-0.3, -0.25) is 0 Å². The van der Waals surface area contributed by atoms with Crippen molar-refractivity contribution in [2.45, 2.75) is 199 Å². The molecule has 530 valence electrons. The van der Waals surface area contributed by atoms with Crippen LogP contribution in [0.3, 0.4) is 0 Å². The Hall–Kier alpha value is 2.10. The second-order valence-electron chi connectivity index (χ2n) is 26.6. The van der Waals surface area contributed by atoms with Gasteiger partial charge in [-0.2, -0.15) is 0 Å². The quantitative estimate of drug-likeness (QED) is 0.0354. The fraction of sp³-hybridized carbons (Fsp3) is 0.864. The SMILES string of the molecule is BrP(Br)Br.CN1CCCC1.C[N+]1(CCCCCCBr)CCCC1.C[N+]1(CCCCCCO)CCCC1.C[n+]1ccn(CCCCCC[N+]2(C)CCCC2)c1.C[n+]1ccn(CCCCC[N+]2(C)CCCC2)c1.Cn1ccnc1.OCCCCCCBr.[Br-].[Br-].[Br-].[Br-]. The van der Waals surface area contributed by atoms with Crippen molar-refractivity contribution in [2.24, 2.45) is 21.1 Å². The predicted molar refractivity (Wildman–Crippen MR) is 384 cm³/mol. The van der Waals surface area contributed by atoms with E-state index in [0.29, 0.717) is 13.2 Å². The van der Waals surface area contributed by atoms with Crippen LogP contribution in [0.4, 0.5) is 0 Å². The third-order valence-corrected chi connectivity index (χ3v) is 19.0. The monoisotopic (exact) mass is 1850 g/mol. The highest BCUT2D eigenvalue weighted by Crippen LogP contribution is 2.59. The van der Waals surface area contributed by atoms with Gasteiger partial charge in [-0.05, 0) is 176 Å². The zero-order valence-electron chi connectivity index (χ0n) is 57.5. The summed E-state index contributed by atoms with van der Waals surface area (Å²) in [5.74, 6) is 0. The van der Waals surface area contributed by atoms with Gasteiger partial charge in [0.1, 0.15) is 28.8 Å². The van der Waals surface area contributed by atoms with Crippen LogP contribution in [-0.2, 0) is 34.2 Å². The van der Waals surface area contributed by atoms with Crippen molar-refractivity contribution in [3.8, 4) is 0 Å². The number of hydrogen-bond donors (Lipinski definition) is 2. The Kier molecular flexibility index (Phi) is 69.6. The number of aryl methyl sites for hydroxylation is 5. The number of aliphatic hydroxyl groups excluding tert-OH is 2. The van der Waals surface area contributed by atoms with Crippen LogP contribution < -0.4 is 77.1 Å². The molecule has 0 radical (unpaired) electrons. The molecule has 89 heavy (non-hydrogen) atoms. The van der Waals surface area contributed by atoms with Gasteiger partial charge in [0, 0.05) is 94.7 Å². The molecule has 2 N–H and O–H groups in total. The summed E-state index contributed by atoms with van der Waals surface area (Å²) >= 11 is 16.3. The first-order valence-electron chi connectivity index (χ1n) is 33.9. The minimum absolute atomic E-state index is 0. The molecule has 5 aliphatic rings. The predicted octanol–water partition coefficient (Wildman–Crippen LogP) is 3.28. The van der Waals surface area contributed by atoms with Crippen LogP contribution in [0.2, 0.25) is 0 Å². The fourth-order valence-corrected chi connectivity index (χ4v) is 13.1. The van der Waals surface area contributed by atoms with Gasteiger partial charge in [0.05, 0.1) is 140 Å². The van der Waals surface area contributed by atoms with E-state index in [4.69, 9.17) is 10.2 Å². The fourth-order valence-electron chi connectivity index (χ4n) is 12.3. The largest absolute Gasteiger partial charge is 1.00 e. The first-order chi connectivity index (χ1) is 40.8. The maximum absolute atomic E-state index is 8.62. The first kappa shape index (κ1) is 97.5. The van der Waals surface area contributed by atoms with Gasteiger partial charge in [-0.1, -0.05) is 57.5 Å². The van der Waals surface area contributed by atoms with Crippen molar-refractivity contribution in [3.05, 3.63) is 56.2 Å². The van der Waals surface area contributed by atoms with E-state index in [2.05, 4.69) is 193 Å². The van der Waals surface area contributed by atoms with Gasteiger partial charge in [0.2, 0.25) is 12.7 Å². The number of alkyl halides is 2. The van der Waals surface area contributed by atoms with Gasteiger partial charge in [0.15, 0.2) is 0 Å². The van der Waals surface area contributed by atoms with Gasteiger partial charge in [-0.15, -0.1) is 0 Å². The summed E-state index contributed by atoms with van der Waals surface area (Å²) in [5, 5.41) is 19.3. The molecule has 5 saturated heterocycles. The molecular formula is C66H133Br9N11O2P+2. The number of halogens is 9. The maximum Gasteiger partial charge on any atom is 0.243 e. The third-order valence-electron chi connectivity index (χ3n) is 17.9. The number of nitrogens with zero attached hydrogens (tertiary/aromatic N) is 11. The zero-order valence-corrected chi connectivity index (χ0v) is 72.7. The second-order valence-corrected chi connectivity index (χ2v) is 43.5. The van der Waals surface area contributed by atoms with Crippen molar-refractivity contribution >= 4 is 82.4 Å². The van der Waals surface area contributed by atoms with E-state index in [1.807, 2.05) is 17.8 Å². The Morgan fingerprint density at radius 3 is 0.921 bits per heavy atom. The van der Waals surface area contributed by atoms with E-state index >= 15 is 0 Å². The molecule has 5 fully saturated rings. The summed E-state index contributed by atoms with van der Waals surface area (Å²) in [7, 11) is 18.0. The van der Waals surface area contributed by atoms with Crippen LogP contribution in [0, 0.1) is 0 Å². The minimum Gasteiger partial charge on any atom is -1.00 e. The lowest BCUT2D eigenvalue weighted by molar-refractivity contribution is -0.897. The lowest BCUT2D eigenvalue weighted by Gasteiger charge is -2.29. The van der Waals surface area contributed by atoms with E-state index in [-0.39, 0.29) is 72.0 Å². The molecule has 0 atom stereocenters. The molecule has 0 spiro atoms. The summed E-state index contributed by atoms with van der Waals surface area (Å²) in [6.45, 7) is 22.6. The summed E-state index contributed by atoms with van der Waals surface area (Å²) in [4.78, 5) is 6.15. The van der Waals surface area contributed by atoms with Crippen LogP contribution >= 0.6 is 82.4 Å². The lowest BCUT2D eigenvalue weighted by Crippen LogP contribution is -3.00. The Morgan fingerprint density at radius 2 is 0.708 bits per heavy atom. The zero-order chi connectivity index (χ0) is 62.8. The number of likely N-dealkylation sites (tertiary alicyclic amines) is 5. The van der Waals surface area contributed by atoms with Gasteiger partial charge >= 0.3 is 0 Å². The van der Waals surface area contributed by atoms with Crippen LogP contribution in [0.15, 0.2) is 56.2 Å². The van der Waals surface area contributed by atoms with Crippen LogP contribution in [0.25, 0.3) is 0 Å². The number of imidazole rings is 3. The van der Waals surface area contributed by atoms with Crippen molar-refractivity contribution in [3.63, 3.8) is 0 Å². The number of aliphatic hydroxyl groups is 2. The van der Waals surface area contributed by atoms with Crippen molar-refractivity contribution in [1.82, 2.24) is 23.6 Å². The molecule has 0 aliphatic carbocycles. The molecule has 0 bridgehead atoms. The molecule has 23 heteroatoms. The van der Waals surface area contributed by atoms with Crippen molar-refractivity contribution in [1.29, 1.82) is 0 Å². The van der Waals surface area contributed by atoms with E-state index in [0.717, 1.165) is 18.2 Å². The second kappa shape index (κ2) is 63.5. The van der Waals surface area contributed by atoms with E-state index in [1.165, 1.54) is 301 Å². The number of hydrogen-bond acceptors (Lipinski definition) is 4. The minimum atomic E-state index is -0.183. The Balaban J connectivity index is -0.000000479. The maximum atomic E-state index is 8.62. The number of quaternary nitrogens is 4. The highest BCUT2D eigenvalue weighted by Gasteiger charge is 2.28. The number of aromatic nitrogens is 6. The Morgan fingerprint density at radius 1 is 0.427 bits per heavy atom. The van der Waals surface area contributed by atoms with Crippen LogP contribution in [0.5, 0.6) is 0 Å². The molecule has 3 aromatic rings. The smallest absolute Gasteiger partial charge is 0.243 e. The highest BCUT2D eigenvalue weighted by atomic mass is 80.0. The molecule has 13 nitrogen and oxygen atoms in total. The van der Waals surface area contributed by atoms with Gasteiger partial charge < -0.3 is 106 Å². The van der Waals surface area contributed by atoms with Crippen LogP contribution in [-0.4, -0.2) is 202 Å². The average Bonchev–Trinajstić information content (AvgIpc) is 4.51. The summed E-state index contributed by atoms with van der Waals surface area (Å²) in [5.41, 5.74) is 0. The van der Waals surface area contributed by atoms with E-state index in [9.17, 15) is 0 Å².